The summed E-state index contributed by atoms with van der Waals surface area (Å²) < 4.78 is 7.59. The van der Waals surface area contributed by atoms with Crippen LogP contribution in [0.5, 0.6) is 5.75 Å². The number of ether oxygens (including phenoxy) is 1. The lowest BCUT2D eigenvalue weighted by atomic mass is 10.1. The molecule has 0 bridgehead atoms. The second kappa shape index (κ2) is 4.56. The molecule has 0 saturated heterocycles. The lowest BCUT2D eigenvalue weighted by Gasteiger charge is -2.09. The number of fused-ring (bicyclic) bond motifs is 3. The van der Waals surface area contributed by atoms with E-state index < -0.39 is 11.5 Å². The van der Waals surface area contributed by atoms with Gasteiger partial charge in [-0.1, -0.05) is 11.3 Å². The largest absolute Gasteiger partial charge is 0.496 e. The van der Waals surface area contributed by atoms with Crippen molar-refractivity contribution in [1.82, 2.24) is 9.38 Å². The predicted octanol–water partition coefficient (Wildman–Crippen LogP) is 2.23. The van der Waals surface area contributed by atoms with Crippen molar-refractivity contribution in [3.8, 4) is 5.75 Å². The van der Waals surface area contributed by atoms with E-state index in [9.17, 15) is 9.59 Å². The molecular formula is C14H12N2O4S. The first-order valence-corrected chi connectivity index (χ1v) is 6.99. The molecule has 0 radical (unpaired) electrons. The number of carboxylic acids is 1. The van der Waals surface area contributed by atoms with Gasteiger partial charge >= 0.3 is 5.97 Å². The summed E-state index contributed by atoms with van der Waals surface area (Å²) in [6, 6.07) is 1.82. The van der Waals surface area contributed by atoms with Gasteiger partial charge in [-0.3, -0.25) is 9.20 Å². The molecule has 0 fully saturated rings. The number of methoxy groups -OCH3 is 1. The second-order valence-corrected chi connectivity index (χ2v) is 5.68. The summed E-state index contributed by atoms with van der Waals surface area (Å²) in [5, 5.41) is 9.06. The van der Waals surface area contributed by atoms with Crippen molar-refractivity contribution >= 4 is 32.5 Å². The highest BCUT2D eigenvalue weighted by molar-refractivity contribution is 7.23. The molecule has 0 atom stereocenters. The highest BCUT2D eigenvalue weighted by Crippen LogP contribution is 2.35. The summed E-state index contributed by atoms with van der Waals surface area (Å²) in [5.74, 6) is -0.510. The standard InChI is InChI=1S/C14H12N2O4S/c1-6-4-9-11(7(2)10(6)20-3)21-14-15-5-8(13(18)19)12(17)16(9)14/h4-5H,1-3H3,(H,18,19). The number of nitrogens with zero attached hydrogens (tertiary/aromatic N) is 2. The van der Waals surface area contributed by atoms with Crippen molar-refractivity contribution in [1.29, 1.82) is 0 Å². The van der Waals surface area contributed by atoms with Gasteiger partial charge in [0.25, 0.3) is 5.56 Å². The van der Waals surface area contributed by atoms with Gasteiger partial charge < -0.3 is 9.84 Å². The summed E-state index contributed by atoms with van der Waals surface area (Å²) in [6.45, 7) is 3.79. The van der Waals surface area contributed by atoms with Crippen LogP contribution >= 0.6 is 11.3 Å². The van der Waals surface area contributed by atoms with Crippen LogP contribution in [0, 0.1) is 13.8 Å². The Hall–Kier alpha value is -2.41. The van der Waals surface area contributed by atoms with Gasteiger partial charge in [-0.05, 0) is 25.5 Å². The first-order valence-electron chi connectivity index (χ1n) is 6.17. The fraction of sp³-hybridized carbons (Fsp3) is 0.214. The number of aryl methyl sites for hydroxylation is 2. The average molecular weight is 304 g/mol. The quantitative estimate of drug-likeness (QED) is 0.785. The van der Waals surface area contributed by atoms with Crippen molar-refractivity contribution in [3.05, 3.63) is 39.3 Å². The van der Waals surface area contributed by atoms with Crippen LogP contribution in [0.25, 0.3) is 15.2 Å². The smallest absolute Gasteiger partial charge is 0.342 e. The second-order valence-electron chi connectivity index (χ2n) is 4.70. The molecule has 3 aromatic rings. The lowest BCUT2D eigenvalue weighted by molar-refractivity contribution is 0.0694. The highest BCUT2D eigenvalue weighted by Gasteiger charge is 2.18. The van der Waals surface area contributed by atoms with Gasteiger partial charge in [-0.15, -0.1) is 0 Å². The molecule has 6 nitrogen and oxygen atoms in total. The fourth-order valence-electron chi connectivity index (χ4n) is 2.50. The molecule has 0 spiro atoms. The van der Waals surface area contributed by atoms with E-state index in [1.807, 2.05) is 19.9 Å². The van der Waals surface area contributed by atoms with E-state index in [-0.39, 0.29) is 5.56 Å². The number of thiazole rings is 1. The van der Waals surface area contributed by atoms with Crippen molar-refractivity contribution < 1.29 is 14.6 Å². The van der Waals surface area contributed by atoms with E-state index in [0.29, 0.717) is 10.5 Å². The van der Waals surface area contributed by atoms with Crippen LogP contribution in [0.3, 0.4) is 0 Å². The van der Waals surface area contributed by atoms with E-state index in [4.69, 9.17) is 9.84 Å². The fourth-order valence-corrected chi connectivity index (χ4v) is 3.56. The van der Waals surface area contributed by atoms with Gasteiger partial charge in [0.2, 0.25) is 0 Å². The van der Waals surface area contributed by atoms with E-state index >= 15 is 0 Å². The van der Waals surface area contributed by atoms with Gasteiger partial charge in [-0.25, -0.2) is 9.78 Å². The Bertz CT molecular complexity index is 955. The Balaban J connectivity index is 2.55. The minimum atomic E-state index is -1.27. The van der Waals surface area contributed by atoms with Crippen LogP contribution < -0.4 is 10.3 Å². The third-order valence-electron chi connectivity index (χ3n) is 3.42. The van der Waals surface area contributed by atoms with Crippen LogP contribution in [-0.2, 0) is 0 Å². The molecule has 0 aliphatic carbocycles. The highest BCUT2D eigenvalue weighted by atomic mass is 32.1. The zero-order valence-electron chi connectivity index (χ0n) is 11.6. The topological polar surface area (TPSA) is 80.9 Å². The number of hydrogen-bond donors (Lipinski definition) is 1. The number of aromatic nitrogens is 2. The maximum absolute atomic E-state index is 12.3. The number of benzene rings is 1. The van der Waals surface area contributed by atoms with Gasteiger partial charge in [-0.2, -0.15) is 0 Å². The number of hydrogen-bond acceptors (Lipinski definition) is 5. The molecule has 0 saturated carbocycles. The first kappa shape index (κ1) is 13.6. The zero-order valence-corrected chi connectivity index (χ0v) is 12.4. The van der Waals surface area contributed by atoms with Crippen molar-refractivity contribution in [3.63, 3.8) is 0 Å². The van der Waals surface area contributed by atoms with Crippen molar-refractivity contribution in [2.45, 2.75) is 13.8 Å². The number of aromatic carboxylic acids is 1. The molecule has 0 aliphatic heterocycles. The zero-order chi connectivity index (χ0) is 15.3. The average Bonchev–Trinajstić information content (AvgIpc) is 2.79. The molecular weight excluding hydrogens is 292 g/mol. The van der Waals surface area contributed by atoms with Crippen LogP contribution in [0.1, 0.15) is 21.5 Å². The summed E-state index contributed by atoms with van der Waals surface area (Å²) >= 11 is 1.34. The number of rotatable bonds is 2. The van der Waals surface area contributed by atoms with Gasteiger partial charge in [0, 0.05) is 5.56 Å². The predicted molar refractivity (Wildman–Crippen MR) is 79.8 cm³/mol. The van der Waals surface area contributed by atoms with Crippen LogP contribution in [-0.4, -0.2) is 27.6 Å². The van der Waals surface area contributed by atoms with Crippen molar-refractivity contribution in [2.75, 3.05) is 7.11 Å². The van der Waals surface area contributed by atoms with Gasteiger partial charge in [0.05, 0.1) is 23.5 Å². The Kier molecular flexibility index (Phi) is 2.94. The Labute approximate surface area is 123 Å². The molecule has 2 aromatic heterocycles. The van der Waals surface area contributed by atoms with E-state index in [0.717, 1.165) is 27.8 Å². The SMILES string of the molecule is COc1c(C)cc2c(sc3ncc(C(=O)O)c(=O)n32)c1C. The third-order valence-corrected chi connectivity index (χ3v) is 4.61. The van der Waals surface area contributed by atoms with Gasteiger partial charge in [0.1, 0.15) is 11.3 Å². The normalized spacial score (nSPS) is 11.2. The van der Waals surface area contributed by atoms with E-state index in [1.165, 1.54) is 15.7 Å². The van der Waals surface area contributed by atoms with Gasteiger partial charge in [0.15, 0.2) is 4.96 Å². The minimum Gasteiger partial charge on any atom is -0.496 e. The van der Waals surface area contributed by atoms with E-state index in [1.54, 1.807) is 7.11 Å². The van der Waals surface area contributed by atoms with Crippen LogP contribution in [0.15, 0.2) is 17.1 Å². The molecule has 7 heteroatoms. The summed E-state index contributed by atoms with van der Waals surface area (Å²) in [4.78, 5) is 28.0. The maximum Gasteiger partial charge on any atom is 0.342 e. The van der Waals surface area contributed by atoms with Crippen LogP contribution in [0.4, 0.5) is 0 Å². The minimum absolute atomic E-state index is 0.335. The molecule has 108 valence electrons. The summed E-state index contributed by atoms with van der Waals surface area (Å²) in [7, 11) is 1.60. The Morgan fingerprint density at radius 1 is 1.43 bits per heavy atom. The molecule has 21 heavy (non-hydrogen) atoms. The summed E-state index contributed by atoms with van der Waals surface area (Å²) in [5.41, 5.74) is 1.56. The molecule has 0 unspecified atom stereocenters. The maximum atomic E-state index is 12.3. The molecule has 2 heterocycles. The molecule has 0 aliphatic rings. The number of carbonyl (C=O) groups is 1. The van der Waals surface area contributed by atoms with Crippen molar-refractivity contribution in [2.24, 2.45) is 0 Å². The lowest BCUT2D eigenvalue weighted by Crippen LogP contribution is -2.21. The summed E-state index contributed by atoms with van der Waals surface area (Å²) in [6.07, 6.45) is 1.11. The van der Waals surface area contributed by atoms with E-state index in [2.05, 4.69) is 4.98 Å². The third kappa shape index (κ3) is 1.81. The first-order chi connectivity index (χ1) is 9.95. The molecule has 1 aromatic carbocycles. The molecule has 3 rings (SSSR count). The molecule has 0 amide bonds. The number of carboxylic acid groups (broad SMARTS) is 1. The van der Waals surface area contributed by atoms with Crippen LogP contribution in [0.2, 0.25) is 0 Å². The Morgan fingerprint density at radius 3 is 2.76 bits per heavy atom. The molecule has 1 N–H and O–H groups in total. The monoisotopic (exact) mass is 304 g/mol. The Morgan fingerprint density at radius 2 is 2.14 bits per heavy atom.